The third kappa shape index (κ3) is 8.33. The van der Waals surface area contributed by atoms with Gasteiger partial charge in [0, 0.05) is 5.92 Å². The van der Waals surface area contributed by atoms with Crippen molar-refractivity contribution in [2.24, 2.45) is 5.92 Å². The van der Waals surface area contributed by atoms with Crippen LogP contribution in [-0.4, -0.2) is 25.7 Å². The zero-order valence-electron chi connectivity index (χ0n) is 12.9. The van der Waals surface area contributed by atoms with Gasteiger partial charge in [-0.05, 0) is 38.2 Å². The van der Waals surface area contributed by atoms with Crippen molar-refractivity contribution in [3.8, 4) is 0 Å². The molecule has 21 heavy (non-hydrogen) atoms. The van der Waals surface area contributed by atoms with E-state index in [-0.39, 0.29) is 12.5 Å². The van der Waals surface area contributed by atoms with E-state index in [1.165, 1.54) is 26.4 Å². The lowest BCUT2D eigenvalue weighted by Crippen LogP contribution is -2.15. The topological polar surface area (TPSA) is 52.6 Å². The maximum absolute atomic E-state index is 11.9. The number of ether oxygens (including phenoxy) is 2. The lowest BCUT2D eigenvalue weighted by atomic mass is 9.86. The second kappa shape index (κ2) is 11.1. The van der Waals surface area contributed by atoms with Gasteiger partial charge >= 0.3 is 6.16 Å². The number of methoxy groups -OCH3 is 1. The molecule has 0 aliphatic heterocycles. The highest BCUT2D eigenvalue weighted by Gasteiger charge is 2.18. The molecule has 118 valence electrons. The summed E-state index contributed by atoms with van der Waals surface area (Å²) in [5.41, 5.74) is 0. The number of hydrogen-bond donors (Lipinski definition) is 0. The fourth-order valence-corrected chi connectivity index (χ4v) is 2.44. The largest absolute Gasteiger partial charge is 0.508 e. The van der Waals surface area contributed by atoms with Crippen LogP contribution in [0, 0.1) is 5.92 Å². The fourth-order valence-electron chi connectivity index (χ4n) is 2.44. The molecule has 4 heteroatoms. The predicted octanol–water partition coefficient (Wildman–Crippen LogP) is 4.20. The minimum absolute atomic E-state index is 0.239. The monoisotopic (exact) mass is 294 g/mol. The van der Waals surface area contributed by atoms with Crippen LogP contribution >= 0.6 is 0 Å². The number of ketones is 1. The summed E-state index contributed by atoms with van der Waals surface area (Å²) in [6.07, 6.45) is 15.5. The molecule has 0 atom stereocenters. The Morgan fingerprint density at radius 3 is 2.48 bits per heavy atom. The van der Waals surface area contributed by atoms with Crippen molar-refractivity contribution in [3.63, 3.8) is 0 Å². The smallest absolute Gasteiger partial charge is 0.438 e. The van der Waals surface area contributed by atoms with Crippen LogP contribution < -0.4 is 0 Å². The first-order chi connectivity index (χ1) is 10.2. The Kier molecular flexibility index (Phi) is 9.25. The summed E-state index contributed by atoms with van der Waals surface area (Å²) in [5.74, 6) is 0.571. The van der Waals surface area contributed by atoms with E-state index in [2.05, 4.69) is 4.74 Å². The Labute approximate surface area is 127 Å². The molecule has 1 aliphatic rings. The molecular weight excluding hydrogens is 268 g/mol. The summed E-state index contributed by atoms with van der Waals surface area (Å²) in [6.45, 7) is 0.239. The summed E-state index contributed by atoms with van der Waals surface area (Å²) in [6, 6.07) is 0. The van der Waals surface area contributed by atoms with Crippen LogP contribution in [0.1, 0.15) is 51.4 Å². The molecule has 0 unspecified atom stereocenters. The average molecular weight is 294 g/mol. The normalized spacial score (nSPS) is 16.4. The maximum atomic E-state index is 11.9. The zero-order valence-corrected chi connectivity index (χ0v) is 12.9. The Hall–Kier alpha value is -1.58. The molecule has 0 aromatic carbocycles. The predicted molar refractivity (Wildman–Crippen MR) is 82.1 cm³/mol. The van der Waals surface area contributed by atoms with Crippen LogP contribution in [0.3, 0.4) is 0 Å². The van der Waals surface area contributed by atoms with E-state index in [0.717, 1.165) is 32.1 Å². The summed E-state index contributed by atoms with van der Waals surface area (Å²) in [5, 5.41) is 0. The van der Waals surface area contributed by atoms with Gasteiger partial charge in [0.2, 0.25) is 0 Å². The van der Waals surface area contributed by atoms with Gasteiger partial charge in [-0.3, -0.25) is 4.79 Å². The molecule has 1 aliphatic carbocycles. The fraction of sp³-hybridized carbons (Fsp3) is 0.647. The van der Waals surface area contributed by atoms with Crippen LogP contribution in [0.5, 0.6) is 0 Å². The van der Waals surface area contributed by atoms with Crippen molar-refractivity contribution in [2.75, 3.05) is 13.7 Å². The van der Waals surface area contributed by atoms with Crippen molar-refractivity contribution in [3.05, 3.63) is 24.3 Å². The van der Waals surface area contributed by atoms with E-state index in [1.54, 1.807) is 12.2 Å². The first-order valence-corrected chi connectivity index (χ1v) is 7.80. The Morgan fingerprint density at radius 2 is 1.76 bits per heavy atom. The molecule has 1 saturated carbocycles. The van der Waals surface area contributed by atoms with Crippen LogP contribution in [0.15, 0.2) is 24.3 Å². The molecule has 0 heterocycles. The quantitative estimate of drug-likeness (QED) is 0.291. The molecule has 0 saturated heterocycles. The maximum Gasteiger partial charge on any atom is 0.508 e. The second-order valence-electron chi connectivity index (χ2n) is 5.31. The molecule has 0 amide bonds. The third-order valence-electron chi connectivity index (χ3n) is 3.66. The van der Waals surface area contributed by atoms with E-state index >= 15 is 0 Å². The minimum atomic E-state index is -0.663. The summed E-state index contributed by atoms with van der Waals surface area (Å²) >= 11 is 0. The zero-order chi connectivity index (χ0) is 15.3. The Balaban J connectivity index is 2.02. The molecule has 4 nitrogen and oxygen atoms in total. The van der Waals surface area contributed by atoms with Gasteiger partial charge in [0.25, 0.3) is 0 Å². The van der Waals surface area contributed by atoms with Crippen molar-refractivity contribution in [2.45, 2.75) is 51.4 Å². The number of rotatable bonds is 8. The lowest BCUT2D eigenvalue weighted by Gasteiger charge is -2.18. The average Bonchev–Trinajstić information content (AvgIpc) is 2.53. The summed E-state index contributed by atoms with van der Waals surface area (Å²) in [7, 11) is 1.28. The minimum Gasteiger partial charge on any atom is -0.438 e. The van der Waals surface area contributed by atoms with E-state index in [0.29, 0.717) is 5.78 Å². The second-order valence-corrected chi connectivity index (χ2v) is 5.31. The standard InChI is InChI=1S/C17H26O4/c1-20-17(19)21-14-10-5-3-2-4-9-13-16(18)15-11-7-6-8-12-15/h5,9-10,13,15H,2-4,6-8,11-12,14H2,1H3/b10-5+,13-9-. The van der Waals surface area contributed by atoms with E-state index in [1.807, 2.05) is 12.2 Å². The van der Waals surface area contributed by atoms with Gasteiger partial charge in [0.15, 0.2) is 5.78 Å². The molecule has 0 spiro atoms. The van der Waals surface area contributed by atoms with Crippen molar-refractivity contribution in [1.29, 1.82) is 0 Å². The number of carbonyl (C=O) groups excluding carboxylic acids is 2. The van der Waals surface area contributed by atoms with Gasteiger partial charge in [-0.2, -0.15) is 0 Å². The van der Waals surface area contributed by atoms with Gasteiger partial charge in [-0.1, -0.05) is 37.5 Å². The highest BCUT2D eigenvalue weighted by Crippen LogP contribution is 2.24. The van der Waals surface area contributed by atoms with Crippen molar-refractivity contribution < 1.29 is 19.1 Å². The molecule has 0 N–H and O–H groups in total. The van der Waals surface area contributed by atoms with Crippen LogP contribution in [0.25, 0.3) is 0 Å². The van der Waals surface area contributed by atoms with Crippen molar-refractivity contribution >= 4 is 11.9 Å². The van der Waals surface area contributed by atoms with Crippen molar-refractivity contribution in [1.82, 2.24) is 0 Å². The van der Waals surface area contributed by atoms with Gasteiger partial charge in [-0.25, -0.2) is 4.79 Å². The first-order valence-electron chi connectivity index (χ1n) is 7.80. The third-order valence-corrected chi connectivity index (χ3v) is 3.66. The van der Waals surface area contributed by atoms with Gasteiger partial charge in [-0.15, -0.1) is 0 Å². The summed E-state index contributed by atoms with van der Waals surface area (Å²) in [4.78, 5) is 22.6. The molecule has 0 bridgehead atoms. The van der Waals surface area contributed by atoms with Crippen LogP contribution in [0.2, 0.25) is 0 Å². The number of unbranched alkanes of at least 4 members (excludes halogenated alkanes) is 2. The van der Waals surface area contributed by atoms with E-state index in [4.69, 9.17) is 4.74 Å². The first kappa shape index (κ1) is 17.5. The van der Waals surface area contributed by atoms with Gasteiger partial charge in [0.05, 0.1) is 7.11 Å². The van der Waals surface area contributed by atoms with E-state index < -0.39 is 6.16 Å². The lowest BCUT2D eigenvalue weighted by molar-refractivity contribution is -0.119. The number of hydrogen-bond acceptors (Lipinski definition) is 4. The van der Waals surface area contributed by atoms with Crippen LogP contribution in [0.4, 0.5) is 4.79 Å². The Bertz CT molecular complexity index is 365. The summed E-state index contributed by atoms with van der Waals surface area (Å²) < 4.78 is 9.06. The molecular formula is C17H26O4. The highest BCUT2D eigenvalue weighted by molar-refractivity contribution is 5.91. The molecule has 1 rings (SSSR count). The highest BCUT2D eigenvalue weighted by atomic mass is 16.7. The Morgan fingerprint density at radius 1 is 1.05 bits per heavy atom. The SMILES string of the molecule is COC(=O)OC/C=C/CCC/C=C\C(=O)C1CCCCC1. The number of allylic oxidation sites excluding steroid dienone is 3. The molecule has 1 fully saturated rings. The van der Waals surface area contributed by atoms with Crippen LogP contribution in [-0.2, 0) is 14.3 Å². The molecule has 0 radical (unpaired) electrons. The van der Waals surface area contributed by atoms with E-state index in [9.17, 15) is 9.59 Å². The molecule has 0 aromatic heterocycles. The van der Waals surface area contributed by atoms with Gasteiger partial charge in [0.1, 0.15) is 6.61 Å². The van der Waals surface area contributed by atoms with Gasteiger partial charge < -0.3 is 9.47 Å². The number of carbonyl (C=O) groups is 2. The molecule has 0 aromatic rings.